The molecule has 0 saturated carbocycles. The van der Waals surface area contributed by atoms with Crippen molar-refractivity contribution in [1.29, 1.82) is 0 Å². The van der Waals surface area contributed by atoms with E-state index in [-0.39, 0.29) is 21.3 Å². The molecule has 1 amide bonds. The van der Waals surface area contributed by atoms with Gasteiger partial charge in [-0.1, -0.05) is 48.3 Å². The number of rotatable bonds is 7. The second kappa shape index (κ2) is 10.2. The van der Waals surface area contributed by atoms with Crippen LogP contribution in [0.2, 0.25) is 10.0 Å². The molecule has 33 heavy (non-hydrogen) atoms. The van der Waals surface area contributed by atoms with Gasteiger partial charge in [0, 0.05) is 5.02 Å². The Bertz CT molecular complexity index is 1010. The number of carbonyl (C=O) groups excluding carboxylic acids is 1. The van der Waals surface area contributed by atoms with Crippen LogP contribution in [0, 0.1) is 5.92 Å². The highest BCUT2D eigenvalue weighted by Crippen LogP contribution is 2.41. The highest BCUT2D eigenvalue weighted by Gasteiger charge is 2.45. The van der Waals surface area contributed by atoms with Crippen LogP contribution in [0.5, 0.6) is 0 Å². The fourth-order valence-electron chi connectivity index (χ4n) is 3.19. The van der Waals surface area contributed by atoms with Crippen molar-refractivity contribution in [3.05, 3.63) is 63.6 Å². The van der Waals surface area contributed by atoms with Crippen molar-refractivity contribution in [2.75, 3.05) is 5.32 Å². The molecule has 180 valence electrons. The van der Waals surface area contributed by atoms with Crippen LogP contribution < -0.4 is 5.32 Å². The number of benzene rings is 2. The van der Waals surface area contributed by atoms with Gasteiger partial charge in [0.05, 0.1) is 34.9 Å². The van der Waals surface area contributed by atoms with Crippen LogP contribution >= 0.6 is 23.2 Å². The van der Waals surface area contributed by atoms with Crippen LogP contribution in [0.15, 0.2) is 42.5 Å². The lowest BCUT2D eigenvalue weighted by atomic mass is 9.85. The predicted octanol–water partition coefficient (Wildman–Crippen LogP) is 7.03. The first-order chi connectivity index (χ1) is 15.1. The molecule has 0 aliphatic rings. The summed E-state index contributed by atoms with van der Waals surface area (Å²) in [6, 6.07) is 7.81. The summed E-state index contributed by atoms with van der Waals surface area (Å²) >= 11 is 11.7. The molecule has 0 aromatic heterocycles. The quantitative estimate of drug-likeness (QED) is 0.389. The van der Waals surface area contributed by atoms with Crippen molar-refractivity contribution in [2.24, 2.45) is 5.92 Å². The van der Waals surface area contributed by atoms with Gasteiger partial charge in [-0.05, 0) is 35.4 Å². The molecule has 0 heterocycles. The van der Waals surface area contributed by atoms with Crippen LogP contribution in [-0.2, 0) is 9.59 Å². The summed E-state index contributed by atoms with van der Waals surface area (Å²) in [4.78, 5) is 23.8. The lowest BCUT2D eigenvalue weighted by Gasteiger charge is -2.26. The minimum Gasteiger partial charge on any atom is -0.481 e. The molecule has 0 bridgehead atoms. The molecule has 0 aliphatic carbocycles. The summed E-state index contributed by atoms with van der Waals surface area (Å²) in [6.45, 7) is 0.795. The Morgan fingerprint density at radius 2 is 1.48 bits per heavy atom. The van der Waals surface area contributed by atoms with Gasteiger partial charge in [0.25, 0.3) is 0 Å². The minimum atomic E-state index is -4.93. The smallest absolute Gasteiger partial charge is 0.396 e. The van der Waals surface area contributed by atoms with Crippen LogP contribution in [0.25, 0.3) is 0 Å². The molecule has 0 spiro atoms. The molecule has 0 radical (unpaired) electrons. The van der Waals surface area contributed by atoms with Gasteiger partial charge in [0.15, 0.2) is 0 Å². The van der Waals surface area contributed by atoms with E-state index < -0.39 is 54.0 Å². The molecular weight excluding hydrogens is 499 g/mol. The summed E-state index contributed by atoms with van der Waals surface area (Å²) in [7, 11) is 0. The third kappa shape index (κ3) is 7.01. The third-order valence-electron chi connectivity index (χ3n) is 4.95. The van der Waals surface area contributed by atoms with Gasteiger partial charge >= 0.3 is 18.3 Å². The molecule has 12 heteroatoms. The van der Waals surface area contributed by atoms with E-state index in [0.717, 1.165) is 25.1 Å². The van der Waals surface area contributed by atoms with E-state index >= 15 is 0 Å². The minimum absolute atomic E-state index is 0.0203. The number of hydrogen-bond acceptors (Lipinski definition) is 2. The molecule has 2 rings (SSSR count). The molecule has 0 fully saturated rings. The number of amides is 1. The normalized spacial score (nSPS) is 14.9. The maximum absolute atomic E-state index is 13.5. The van der Waals surface area contributed by atoms with Crippen molar-refractivity contribution in [2.45, 2.75) is 37.5 Å². The molecular formula is C21H17Cl2F6NO3. The number of carbonyl (C=O) groups is 2. The SMILES string of the molecule is C[C@H]([C@H](C(=O)Nc1cc([C@@H](CC(=O)O)C(F)(F)F)ccc1Cl)c1ccc(Cl)cc1)C(F)(F)F. The summed E-state index contributed by atoms with van der Waals surface area (Å²) in [5.41, 5.74) is -0.920. The first-order valence-electron chi connectivity index (χ1n) is 9.32. The fourth-order valence-corrected chi connectivity index (χ4v) is 3.48. The summed E-state index contributed by atoms with van der Waals surface area (Å²) in [6.07, 6.45) is -11.0. The van der Waals surface area contributed by atoms with Crippen LogP contribution in [0.3, 0.4) is 0 Å². The first kappa shape index (κ1) is 26.8. The zero-order valence-electron chi connectivity index (χ0n) is 16.8. The predicted molar refractivity (Wildman–Crippen MR) is 111 cm³/mol. The lowest BCUT2D eigenvalue weighted by molar-refractivity contribution is -0.178. The van der Waals surface area contributed by atoms with E-state index in [1.807, 2.05) is 0 Å². The van der Waals surface area contributed by atoms with E-state index in [1.165, 1.54) is 24.3 Å². The fraction of sp³-hybridized carbons (Fsp3) is 0.333. The average Bonchev–Trinajstić information content (AvgIpc) is 2.68. The van der Waals surface area contributed by atoms with Gasteiger partial charge in [0.2, 0.25) is 5.91 Å². The van der Waals surface area contributed by atoms with Gasteiger partial charge in [0.1, 0.15) is 0 Å². The van der Waals surface area contributed by atoms with E-state index in [0.29, 0.717) is 0 Å². The zero-order valence-corrected chi connectivity index (χ0v) is 18.3. The maximum atomic E-state index is 13.5. The van der Waals surface area contributed by atoms with Gasteiger partial charge in [-0.2, -0.15) is 26.3 Å². The molecule has 0 aliphatic heterocycles. The maximum Gasteiger partial charge on any atom is 0.396 e. The number of carboxylic acid groups (broad SMARTS) is 1. The van der Waals surface area contributed by atoms with Crippen LogP contribution in [-0.4, -0.2) is 29.3 Å². The number of alkyl halides is 6. The Morgan fingerprint density at radius 1 is 0.939 bits per heavy atom. The zero-order chi connectivity index (χ0) is 25.1. The highest BCUT2D eigenvalue weighted by molar-refractivity contribution is 6.33. The molecule has 0 unspecified atom stereocenters. The number of carboxylic acids is 1. The first-order valence-corrected chi connectivity index (χ1v) is 10.1. The van der Waals surface area contributed by atoms with Crippen molar-refractivity contribution in [1.82, 2.24) is 0 Å². The van der Waals surface area contributed by atoms with Crippen molar-refractivity contribution in [3.8, 4) is 0 Å². The number of hydrogen-bond donors (Lipinski definition) is 2. The van der Waals surface area contributed by atoms with Gasteiger partial charge < -0.3 is 10.4 Å². The van der Waals surface area contributed by atoms with Gasteiger partial charge in [-0.15, -0.1) is 0 Å². The van der Waals surface area contributed by atoms with Gasteiger partial charge in [-0.25, -0.2) is 0 Å². The second-order valence-corrected chi connectivity index (χ2v) is 8.12. The highest BCUT2D eigenvalue weighted by atomic mass is 35.5. The largest absolute Gasteiger partial charge is 0.481 e. The van der Waals surface area contributed by atoms with Crippen molar-refractivity contribution >= 4 is 40.8 Å². The van der Waals surface area contributed by atoms with E-state index in [2.05, 4.69) is 5.32 Å². The molecule has 0 saturated heterocycles. The molecule has 2 N–H and O–H groups in total. The Kier molecular flexibility index (Phi) is 8.29. The van der Waals surface area contributed by atoms with Crippen LogP contribution in [0.4, 0.5) is 32.0 Å². The van der Waals surface area contributed by atoms with Crippen molar-refractivity contribution in [3.63, 3.8) is 0 Å². The number of halogens is 8. The Hall–Kier alpha value is -2.46. The molecule has 4 nitrogen and oxygen atoms in total. The Balaban J connectivity index is 2.46. The monoisotopic (exact) mass is 515 g/mol. The number of nitrogens with one attached hydrogen (secondary N) is 1. The molecule has 2 aromatic rings. The van der Waals surface area contributed by atoms with E-state index in [1.54, 1.807) is 0 Å². The van der Waals surface area contributed by atoms with E-state index in [9.17, 15) is 35.9 Å². The third-order valence-corrected chi connectivity index (χ3v) is 5.53. The second-order valence-electron chi connectivity index (χ2n) is 7.28. The van der Waals surface area contributed by atoms with Gasteiger partial charge in [-0.3, -0.25) is 9.59 Å². The Morgan fingerprint density at radius 3 is 1.97 bits per heavy atom. The topological polar surface area (TPSA) is 66.4 Å². The molecule has 2 aromatic carbocycles. The summed E-state index contributed by atoms with van der Waals surface area (Å²) < 4.78 is 80.4. The number of anilines is 1. The summed E-state index contributed by atoms with van der Waals surface area (Å²) in [5, 5.41) is 11.0. The average molecular weight is 516 g/mol. The Labute approximate surface area is 194 Å². The number of aliphatic carboxylic acids is 1. The molecule has 3 atom stereocenters. The lowest BCUT2D eigenvalue weighted by Crippen LogP contribution is -2.34. The summed E-state index contributed by atoms with van der Waals surface area (Å²) in [5.74, 6) is -9.21. The van der Waals surface area contributed by atoms with Crippen molar-refractivity contribution < 1.29 is 41.0 Å². The van der Waals surface area contributed by atoms with E-state index in [4.69, 9.17) is 28.3 Å². The standard InChI is InChI=1S/C21H17Cl2F6NO3/c1-10(20(24,25)26)18(11-2-5-13(22)6-3-11)19(33)30-16-8-12(4-7-15(16)23)14(9-17(31)32)21(27,28)29/h2-8,10,14,18H,9H2,1H3,(H,30,33)(H,31,32)/t10-,14-,18+/m1/s1. The van der Waals surface area contributed by atoms with Crippen LogP contribution in [0.1, 0.15) is 36.3 Å².